The normalized spacial score (nSPS) is 18.3. The van der Waals surface area contributed by atoms with Crippen LogP contribution in [0.3, 0.4) is 0 Å². The molecular formula is C18H17ClF2N2O3S. The van der Waals surface area contributed by atoms with Crippen LogP contribution < -0.4 is 5.32 Å². The van der Waals surface area contributed by atoms with Crippen LogP contribution in [0.15, 0.2) is 47.4 Å². The van der Waals surface area contributed by atoms with E-state index in [-0.39, 0.29) is 28.7 Å². The first-order valence-electron chi connectivity index (χ1n) is 8.29. The SMILES string of the molecule is O=C(Nc1cccc(Cl)c1F)C1CCCN(S(=O)(=O)c2ccc(F)cc2)C1. The zero-order valence-corrected chi connectivity index (χ0v) is 15.7. The second kappa shape index (κ2) is 7.92. The van der Waals surface area contributed by atoms with Crippen molar-refractivity contribution >= 4 is 33.2 Å². The highest BCUT2D eigenvalue weighted by Crippen LogP contribution is 2.27. The van der Waals surface area contributed by atoms with Crippen molar-refractivity contribution in [2.75, 3.05) is 18.4 Å². The summed E-state index contributed by atoms with van der Waals surface area (Å²) in [7, 11) is -3.84. The molecule has 0 spiro atoms. The van der Waals surface area contributed by atoms with Crippen molar-refractivity contribution in [3.63, 3.8) is 0 Å². The number of hydrogen-bond acceptors (Lipinski definition) is 3. The first-order chi connectivity index (χ1) is 12.8. The number of hydrogen-bond donors (Lipinski definition) is 1. The van der Waals surface area contributed by atoms with Crippen LogP contribution >= 0.6 is 11.6 Å². The highest BCUT2D eigenvalue weighted by molar-refractivity contribution is 7.89. The third-order valence-corrected chi connectivity index (χ3v) is 6.59. The number of sulfonamides is 1. The van der Waals surface area contributed by atoms with E-state index in [9.17, 15) is 22.0 Å². The molecule has 0 saturated carbocycles. The Morgan fingerprint density at radius 1 is 1.15 bits per heavy atom. The van der Waals surface area contributed by atoms with E-state index in [1.165, 1.54) is 34.6 Å². The molecule has 0 aromatic heterocycles. The van der Waals surface area contributed by atoms with Crippen molar-refractivity contribution in [1.82, 2.24) is 4.31 Å². The minimum Gasteiger partial charge on any atom is -0.323 e. The topological polar surface area (TPSA) is 66.5 Å². The molecule has 3 rings (SSSR count). The maximum Gasteiger partial charge on any atom is 0.243 e. The Morgan fingerprint density at radius 2 is 1.85 bits per heavy atom. The molecule has 0 aliphatic carbocycles. The van der Waals surface area contributed by atoms with Crippen LogP contribution in [0.25, 0.3) is 0 Å². The van der Waals surface area contributed by atoms with Gasteiger partial charge in [0, 0.05) is 13.1 Å². The maximum atomic E-state index is 14.0. The van der Waals surface area contributed by atoms with E-state index in [1.807, 2.05) is 0 Å². The molecule has 0 bridgehead atoms. The van der Waals surface area contributed by atoms with E-state index >= 15 is 0 Å². The van der Waals surface area contributed by atoms with Crippen molar-refractivity contribution in [3.8, 4) is 0 Å². The lowest BCUT2D eigenvalue weighted by atomic mass is 9.98. The van der Waals surface area contributed by atoms with Gasteiger partial charge >= 0.3 is 0 Å². The summed E-state index contributed by atoms with van der Waals surface area (Å²) in [5, 5.41) is 2.36. The summed E-state index contributed by atoms with van der Waals surface area (Å²) in [6, 6.07) is 8.78. The van der Waals surface area contributed by atoms with Gasteiger partial charge in [-0.2, -0.15) is 4.31 Å². The highest BCUT2D eigenvalue weighted by atomic mass is 35.5. The molecule has 1 aliphatic heterocycles. The Labute approximate surface area is 161 Å². The summed E-state index contributed by atoms with van der Waals surface area (Å²) in [4.78, 5) is 12.5. The van der Waals surface area contributed by atoms with Crippen LogP contribution in [0.5, 0.6) is 0 Å². The van der Waals surface area contributed by atoms with Gasteiger partial charge in [-0.3, -0.25) is 4.79 Å². The van der Waals surface area contributed by atoms with Gasteiger partial charge in [0.05, 0.1) is 21.5 Å². The fraction of sp³-hybridized carbons (Fsp3) is 0.278. The molecule has 1 atom stereocenters. The van der Waals surface area contributed by atoms with Gasteiger partial charge in [-0.05, 0) is 49.2 Å². The van der Waals surface area contributed by atoms with Crippen LogP contribution in [0, 0.1) is 17.6 Å². The average molecular weight is 415 g/mol. The number of halogens is 3. The second-order valence-electron chi connectivity index (χ2n) is 6.25. The molecule has 9 heteroatoms. The Kier molecular flexibility index (Phi) is 5.78. The summed E-state index contributed by atoms with van der Waals surface area (Å²) < 4.78 is 53.6. The predicted molar refractivity (Wildman–Crippen MR) is 97.9 cm³/mol. The molecule has 5 nitrogen and oxygen atoms in total. The van der Waals surface area contributed by atoms with Crippen LogP contribution in [0.1, 0.15) is 12.8 Å². The summed E-state index contributed by atoms with van der Waals surface area (Å²) in [5.41, 5.74) is -0.0500. The van der Waals surface area contributed by atoms with Crippen molar-refractivity contribution in [2.45, 2.75) is 17.7 Å². The predicted octanol–water partition coefficient (Wildman–Crippen LogP) is 3.66. The Bertz CT molecular complexity index is 952. The molecule has 1 amide bonds. The molecule has 1 saturated heterocycles. The second-order valence-corrected chi connectivity index (χ2v) is 8.59. The number of nitrogens with zero attached hydrogens (tertiary/aromatic N) is 1. The summed E-state index contributed by atoms with van der Waals surface area (Å²) in [6.45, 7) is 0.225. The fourth-order valence-electron chi connectivity index (χ4n) is 2.97. The first kappa shape index (κ1) is 19.7. The molecule has 0 radical (unpaired) electrons. The van der Waals surface area contributed by atoms with E-state index in [0.29, 0.717) is 12.8 Å². The summed E-state index contributed by atoms with van der Waals surface area (Å²) >= 11 is 5.70. The van der Waals surface area contributed by atoms with Crippen LogP contribution in [0.4, 0.5) is 14.5 Å². The zero-order chi connectivity index (χ0) is 19.6. The number of carbonyl (C=O) groups is 1. The molecule has 2 aromatic rings. The van der Waals surface area contributed by atoms with Crippen molar-refractivity contribution in [1.29, 1.82) is 0 Å². The number of nitrogens with one attached hydrogen (secondary N) is 1. The highest BCUT2D eigenvalue weighted by Gasteiger charge is 2.33. The number of benzene rings is 2. The quantitative estimate of drug-likeness (QED) is 0.830. The van der Waals surface area contributed by atoms with Gasteiger partial charge in [0.25, 0.3) is 0 Å². The van der Waals surface area contributed by atoms with Gasteiger partial charge < -0.3 is 5.32 Å². The third-order valence-electron chi connectivity index (χ3n) is 4.42. The van der Waals surface area contributed by atoms with Crippen LogP contribution in [-0.4, -0.2) is 31.7 Å². The van der Waals surface area contributed by atoms with E-state index < -0.39 is 33.5 Å². The Hall–Kier alpha value is -2.03. The number of piperidine rings is 1. The average Bonchev–Trinajstić information content (AvgIpc) is 2.66. The van der Waals surface area contributed by atoms with E-state index in [1.54, 1.807) is 0 Å². The lowest BCUT2D eigenvalue weighted by molar-refractivity contribution is -0.120. The molecule has 1 heterocycles. The first-order valence-corrected chi connectivity index (χ1v) is 10.1. The molecule has 1 unspecified atom stereocenters. The van der Waals surface area contributed by atoms with Crippen molar-refractivity contribution in [3.05, 3.63) is 59.1 Å². The molecular weight excluding hydrogens is 398 g/mol. The lowest BCUT2D eigenvalue weighted by Crippen LogP contribution is -2.43. The number of rotatable bonds is 4. The molecule has 1 fully saturated rings. The van der Waals surface area contributed by atoms with Crippen molar-refractivity contribution in [2.24, 2.45) is 5.92 Å². The number of amides is 1. The van der Waals surface area contributed by atoms with Gasteiger partial charge in [-0.15, -0.1) is 0 Å². The van der Waals surface area contributed by atoms with Crippen LogP contribution in [0.2, 0.25) is 5.02 Å². The number of anilines is 1. The summed E-state index contributed by atoms with van der Waals surface area (Å²) in [6.07, 6.45) is 0.958. The van der Waals surface area contributed by atoms with E-state index in [4.69, 9.17) is 11.6 Å². The smallest absolute Gasteiger partial charge is 0.243 e. The third kappa shape index (κ3) is 4.28. The maximum absolute atomic E-state index is 14.0. The van der Waals surface area contributed by atoms with Gasteiger partial charge in [0.15, 0.2) is 5.82 Å². The van der Waals surface area contributed by atoms with Crippen molar-refractivity contribution < 1.29 is 22.0 Å². The number of carbonyl (C=O) groups excluding carboxylic acids is 1. The zero-order valence-electron chi connectivity index (χ0n) is 14.2. The lowest BCUT2D eigenvalue weighted by Gasteiger charge is -2.31. The van der Waals surface area contributed by atoms with E-state index in [0.717, 1.165) is 12.1 Å². The standard InChI is InChI=1S/C18H17ClF2N2O3S/c19-15-4-1-5-16(17(15)21)22-18(24)12-3-2-10-23(11-12)27(25,26)14-8-6-13(20)7-9-14/h1,4-9,12H,2-3,10-11H2,(H,22,24). The fourth-order valence-corrected chi connectivity index (χ4v) is 4.66. The van der Waals surface area contributed by atoms with Gasteiger partial charge in [0.1, 0.15) is 5.82 Å². The summed E-state index contributed by atoms with van der Waals surface area (Å²) in [5.74, 6) is -2.38. The van der Waals surface area contributed by atoms with Gasteiger partial charge in [0.2, 0.25) is 15.9 Å². The molecule has 27 heavy (non-hydrogen) atoms. The minimum atomic E-state index is -3.84. The molecule has 2 aromatic carbocycles. The largest absolute Gasteiger partial charge is 0.323 e. The van der Waals surface area contributed by atoms with Crippen LogP contribution in [-0.2, 0) is 14.8 Å². The molecule has 1 aliphatic rings. The Morgan fingerprint density at radius 3 is 2.56 bits per heavy atom. The van der Waals surface area contributed by atoms with Gasteiger partial charge in [-0.1, -0.05) is 17.7 Å². The molecule has 144 valence electrons. The van der Waals surface area contributed by atoms with Gasteiger partial charge in [-0.25, -0.2) is 17.2 Å². The molecule has 1 N–H and O–H groups in total. The Balaban J connectivity index is 1.74. The monoisotopic (exact) mass is 414 g/mol. The minimum absolute atomic E-state index is 0.0340. The van der Waals surface area contributed by atoms with E-state index in [2.05, 4.69) is 5.32 Å².